The third-order valence-electron chi connectivity index (χ3n) is 3.75. The molecule has 0 bridgehead atoms. The average molecular weight is 460 g/mol. The molecule has 2 aromatic carbocycles. The highest BCUT2D eigenvalue weighted by Gasteiger charge is 2.16. The third kappa shape index (κ3) is 6.09. The zero-order chi connectivity index (χ0) is 19.2. The minimum atomic E-state index is -3.63. The molecule has 8 heteroatoms. The lowest BCUT2D eigenvalue weighted by atomic mass is 10.2. The summed E-state index contributed by atoms with van der Waals surface area (Å²) in [5, 5.41) is 0.619. The number of rotatable bonds is 8. The predicted octanol–water partition coefficient (Wildman–Crippen LogP) is 3.82. The standard InChI is InChI=1S/C18H20BrClN2O3S/c1-2-22(13-14-4-3-5-16(20)12-14)18(23)10-11-21-26(24,25)17-8-6-15(19)7-9-17/h3-9,12,21H,2,10-11,13H2,1H3. The molecule has 140 valence electrons. The van der Waals surface area contributed by atoms with Crippen molar-refractivity contribution < 1.29 is 13.2 Å². The van der Waals surface area contributed by atoms with Crippen LogP contribution in [-0.2, 0) is 21.4 Å². The van der Waals surface area contributed by atoms with Gasteiger partial charge < -0.3 is 4.90 Å². The van der Waals surface area contributed by atoms with Gasteiger partial charge in [-0.3, -0.25) is 4.79 Å². The highest BCUT2D eigenvalue weighted by atomic mass is 79.9. The van der Waals surface area contributed by atoms with E-state index in [0.29, 0.717) is 18.1 Å². The van der Waals surface area contributed by atoms with Crippen molar-refractivity contribution in [2.45, 2.75) is 24.8 Å². The first-order chi connectivity index (χ1) is 12.3. The molecular formula is C18H20BrClN2O3S. The van der Waals surface area contributed by atoms with E-state index in [0.717, 1.165) is 10.0 Å². The van der Waals surface area contributed by atoms with Gasteiger partial charge in [0.15, 0.2) is 0 Å². The maximum absolute atomic E-state index is 12.4. The Morgan fingerprint density at radius 2 is 1.88 bits per heavy atom. The van der Waals surface area contributed by atoms with Crippen LogP contribution in [0.25, 0.3) is 0 Å². The summed E-state index contributed by atoms with van der Waals surface area (Å²) in [6.45, 7) is 2.90. The number of benzene rings is 2. The van der Waals surface area contributed by atoms with Crippen LogP contribution >= 0.6 is 27.5 Å². The van der Waals surface area contributed by atoms with Gasteiger partial charge in [0, 0.05) is 35.6 Å². The lowest BCUT2D eigenvalue weighted by molar-refractivity contribution is -0.131. The van der Waals surface area contributed by atoms with Gasteiger partial charge in [-0.25, -0.2) is 13.1 Å². The van der Waals surface area contributed by atoms with Crippen molar-refractivity contribution in [3.63, 3.8) is 0 Å². The first kappa shape index (κ1) is 20.9. The van der Waals surface area contributed by atoms with Crippen molar-refractivity contribution in [3.05, 3.63) is 63.6 Å². The van der Waals surface area contributed by atoms with Crippen LogP contribution in [0.3, 0.4) is 0 Å². The van der Waals surface area contributed by atoms with Crippen molar-refractivity contribution >= 4 is 43.5 Å². The topological polar surface area (TPSA) is 66.5 Å². The molecule has 2 aromatic rings. The van der Waals surface area contributed by atoms with Gasteiger partial charge in [-0.05, 0) is 48.9 Å². The molecule has 0 radical (unpaired) electrons. The summed E-state index contributed by atoms with van der Waals surface area (Å²) in [5.74, 6) is -0.119. The maximum atomic E-state index is 12.4. The molecule has 5 nitrogen and oxygen atoms in total. The smallest absolute Gasteiger partial charge is 0.240 e. The Hall–Kier alpha value is -1.41. The van der Waals surface area contributed by atoms with Crippen molar-refractivity contribution in [2.24, 2.45) is 0 Å². The number of carbonyl (C=O) groups excluding carboxylic acids is 1. The van der Waals surface area contributed by atoms with Gasteiger partial charge in [0.1, 0.15) is 0 Å². The van der Waals surface area contributed by atoms with E-state index in [9.17, 15) is 13.2 Å². The Balaban J connectivity index is 1.91. The molecule has 0 atom stereocenters. The Kier molecular flexibility index (Phi) is 7.64. The first-order valence-corrected chi connectivity index (χ1v) is 10.7. The highest BCUT2D eigenvalue weighted by Crippen LogP contribution is 2.15. The molecule has 0 unspecified atom stereocenters. The van der Waals surface area contributed by atoms with Crippen molar-refractivity contribution in [1.82, 2.24) is 9.62 Å². The van der Waals surface area contributed by atoms with Gasteiger partial charge in [0.2, 0.25) is 15.9 Å². The van der Waals surface area contributed by atoms with Crippen LogP contribution < -0.4 is 4.72 Å². The fourth-order valence-corrected chi connectivity index (χ4v) is 3.89. The van der Waals surface area contributed by atoms with Crippen LogP contribution in [0.1, 0.15) is 18.9 Å². The second kappa shape index (κ2) is 9.50. The van der Waals surface area contributed by atoms with Gasteiger partial charge in [0.25, 0.3) is 0 Å². The number of hydrogen-bond donors (Lipinski definition) is 1. The quantitative estimate of drug-likeness (QED) is 0.652. The second-order valence-electron chi connectivity index (χ2n) is 5.64. The van der Waals surface area contributed by atoms with E-state index in [-0.39, 0.29) is 23.8 Å². The van der Waals surface area contributed by atoms with Gasteiger partial charge in [-0.2, -0.15) is 0 Å². The lowest BCUT2D eigenvalue weighted by Gasteiger charge is -2.21. The van der Waals surface area contributed by atoms with E-state index in [2.05, 4.69) is 20.7 Å². The molecule has 0 heterocycles. The lowest BCUT2D eigenvalue weighted by Crippen LogP contribution is -2.34. The van der Waals surface area contributed by atoms with Crippen molar-refractivity contribution in [3.8, 4) is 0 Å². The van der Waals surface area contributed by atoms with Gasteiger partial charge in [-0.1, -0.05) is 39.7 Å². The summed E-state index contributed by atoms with van der Waals surface area (Å²) >= 11 is 9.24. The van der Waals surface area contributed by atoms with E-state index in [1.54, 1.807) is 23.1 Å². The van der Waals surface area contributed by atoms with E-state index < -0.39 is 10.0 Å². The van der Waals surface area contributed by atoms with Crippen LogP contribution in [-0.4, -0.2) is 32.3 Å². The number of halogens is 2. The van der Waals surface area contributed by atoms with E-state index in [1.165, 1.54) is 12.1 Å². The van der Waals surface area contributed by atoms with Crippen LogP contribution in [0.5, 0.6) is 0 Å². The summed E-state index contributed by atoms with van der Waals surface area (Å²) in [6.07, 6.45) is 0.0875. The van der Waals surface area contributed by atoms with Gasteiger partial charge in [-0.15, -0.1) is 0 Å². The Labute approximate surface area is 167 Å². The van der Waals surface area contributed by atoms with E-state index in [1.807, 2.05) is 25.1 Å². The number of amides is 1. The summed E-state index contributed by atoms with van der Waals surface area (Å²) in [4.78, 5) is 14.2. The monoisotopic (exact) mass is 458 g/mol. The minimum absolute atomic E-state index is 0.0449. The molecule has 1 amide bonds. The molecule has 26 heavy (non-hydrogen) atoms. The Bertz CT molecular complexity index is 857. The molecule has 0 saturated heterocycles. The largest absolute Gasteiger partial charge is 0.339 e. The fraction of sp³-hybridized carbons (Fsp3) is 0.278. The fourth-order valence-electron chi connectivity index (χ4n) is 2.38. The third-order valence-corrected chi connectivity index (χ3v) is 5.99. The summed E-state index contributed by atoms with van der Waals surface area (Å²) in [7, 11) is -3.63. The van der Waals surface area contributed by atoms with E-state index in [4.69, 9.17) is 11.6 Å². The SMILES string of the molecule is CCN(Cc1cccc(Cl)c1)C(=O)CCNS(=O)(=O)c1ccc(Br)cc1. The van der Waals surface area contributed by atoms with Crippen molar-refractivity contribution in [1.29, 1.82) is 0 Å². The first-order valence-electron chi connectivity index (χ1n) is 8.09. The van der Waals surface area contributed by atoms with Crippen LogP contribution in [0.2, 0.25) is 5.02 Å². The molecule has 0 aliphatic carbocycles. The minimum Gasteiger partial charge on any atom is -0.339 e. The molecule has 0 fully saturated rings. The normalized spacial score (nSPS) is 11.3. The van der Waals surface area contributed by atoms with Gasteiger partial charge >= 0.3 is 0 Å². The molecule has 1 N–H and O–H groups in total. The Morgan fingerprint density at radius 3 is 2.50 bits per heavy atom. The molecule has 0 spiro atoms. The number of sulfonamides is 1. The maximum Gasteiger partial charge on any atom is 0.240 e. The van der Waals surface area contributed by atoms with E-state index >= 15 is 0 Å². The second-order valence-corrected chi connectivity index (χ2v) is 8.76. The molecule has 0 aromatic heterocycles. The van der Waals surface area contributed by atoms with Crippen LogP contribution in [0, 0.1) is 0 Å². The number of hydrogen-bond acceptors (Lipinski definition) is 3. The summed E-state index contributed by atoms with van der Waals surface area (Å²) in [6, 6.07) is 13.7. The zero-order valence-corrected chi connectivity index (χ0v) is 17.4. The highest BCUT2D eigenvalue weighted by molar-refractivity contribution is 9.10. The number of nitrogens with one attached hydrogen (secondary N) is 1. The molecule has 0 aliphatic heterocycles. The number of nitrogens with zero attached hydrogens (tertiary/aromatic N) is 1. The number of carbonyl (C=O) groups is 1. The average Bonchev–Trinajstić information content (AvgIpc) is 2.60. The predicted molar refractivity (Wildman–Crippen MR) is 106 cm³/mol. The Morgan fingerprint density at radius 1 is 1.19 bits per heavy atom. The van der Waals surface area contributed by atoms with Crippen molar-refractivity contribution in [2.75, 3.05) is 13.1 Å². The zero-order valence-electron chi connectivity index (χ0n) is 14.3. The summed E-state index contributed by atoms with van der Waals surface area (Å²) < 4.78 is 27.7. The van der Waals surface area contributed by atoms with Crippen LogP contribution in [0.15, 0.2) is 57.9 Å². The van der Waals surface area contributed by atoms with Crippen LogP contribution in [0.4, 0.5) is 0 Å². The molecule has 0 saturated carbocycles. The van der Waals surface area contributed by atoms with Gasteiger partial charge in [0.05, 0.1) is 4.90 Å². The molecular weight excluding hydrogens is 440 g/mol. The molecule has 0 aliphatic rings. The summed E-state index contributed by atoms with van der Waals surface area (Å²) in [5.41, 5.74) is 0.933. The molecule has 2 rings (SSSR count).